The molecule has 4 heterocycles. The molecule has 0 spiro atoms. The number of nitrogens with zero attached hydrogens (tertiary/aromatic N) is 6. The number of aliphatic hydroxyl groups excluding tert-OH is 1. The molecule has 2 N–H and O–H groups in total. The van der Waals surface area contributed by atoms with Crippen LogP contribution in [0.1, 0.15) is 63.4 Å². The van der Waals surface area contributed by atoms with Crippen molar-refractivity contribution in [2.24, 2.45) is 5.41 Å². The van der Waals surface area contributed by atoms with E-state index in [9.17, 15) is 19.1 Å². The van der Waals surface area contributed by atoms with E-state index >= 15 is 0 Å². The van der Waals surface area contributed by atoms with Gasteiger partial charge in [0.25, 0.3) is 0 Å². The van der Waals surface area contributed by atoms with Gasteiger partial charge >= 0.3 is 0 Å². The van der Waals surface area contributed by atoms with Crippen molar-refractivity contribution >= 4 is 17.5 Å². The number of carbonyl (C=O) groups excluding carboxylic acids is 2. The summed E-state index contributed by atoms with van der Waals surface area (Å²) in [6.45, 7) is 5.97. The average Bonchev–Trinajstić information content (AvgIpc) is 3.18. The van der Waals surface area contributed by atoms with Crippen molar-refractivity contribution in [1.82, 2.24) is 34.6 Å². The maximum Gasteiger partial charge on any atom is 0.248 e. The Labute approximate surface area is 202 Å². The first-order valence-corrected chi connectivity index (χ1v) is 11.9. The summed E-state index contributed by atoms with van der Waals surface area (Å²) in [5.41, 5.74) is 1.05. The summed E-state index contributed by atoms with van der Waals surface area (Å²) in [6.07, 6.45) is 6.63. The zero-order valence-corrected chi connectivity index (χ0v) is 20.1. The Balaban J connectivity index is 1.33. The molecule has 1 saturated heterocycles. The Hall–Kier alpha value is -3.34. The third kappa shape index (κ3) is 4.64. The largest absolute Gasteiger partial charge is 0.391 e. The minimum atomic E-state index is -0.831. The van der Waals surface area contributed by atoms with Gasteiger partial charge in [0, 0.05) is 37.5 Å². The summed E-state index contributed by atoms with van der Waals surface area (Å²) in [6, 6.07) is 1.39. The topological polar surface area (TPSA) is 118 Å². The van der Waals surface area contributed by atoms with Crippen molar-refractivity contribution in [3.63, 3.8) is 0 Å². The van der Waals surface area contributed by atoms with Crippen molar-refractivity contribution < 1.29 is 19.1 Å². The number of aliphatic hydroxyl groups is 1. The highest BCUT2D eigenvalue weighted by Crippen LogP contribution is 2.40. The van der Waals surface area contributed by atoms with Crippen molar-refractivity contribution in [3.8, 4) is 0 Å². The molecular formula is C24H30FN7O3. The summed E-state index contributed by atoms with van der Waals surface area (Å²) >= 11 is 0. The fourth-order valence-electron chi connectivity index (χ4n) is 4.74. The summed E-state index contributed by atoms with van der Waals surface area (Å²) in [5.74, 6) is -0.722. The third-order valence-corrected chi connectivity index (χ3v) is 6.64. The molecular weight excluding hydrogens is 453 g/mol. The number of β-amino-alcohol motifs (C(OH)–C–C–N with tert-alkyl or cyclic N) is 1. The fraction of sp³-hybridized carbons (Fsp3) is 0.542. The molecule has 0 radical (unpaired) electrons. The lowest BCUT2D eigenvalue weighted by Crippen LogP contribution is -2.50. The number of aromatic nitrogens is 5. The standard InChI is InChI=1S/C24H30FN7O3/c1-24(2,3)20(32-13-18(28-29-32)14-6-7-14)23(35)31-12-16(33)9-19(31)22(34)26-10-15-11-30-8-4-5-17(25)21(30)27-15/h4-5,8,11,13-14,16,19-20,33H,6-7,9-10,12H2,1-3H3,(H,26,34)/t16-,19+,20-/m1/s1. The van der Waals surface area contributed by atoms with Crippen LogP contribution in [0.3, 0.4) is 0 Å². The normalized spacial score (nSPS) is 21.5. The zero-order valence-electron chi connectivity index (χ0n) is 20.1. The second kappa shape index (κ2) is 8.71. The van der Waals surface area contributed by atoms with Crippen LogP contribution in [0.25, 0.3) is 5.65 Å². The lowest BCUT2D eigenvalue weighted by atomic mass is 9.85. The van der Waals surface area contributed by atoms with E-state index < -0.39 is 35.3 Å². The van der Waals surface area contributed by atoms with E-state index in [2.05, 4.69) is 20.6 Å². The molecule has 2 amide bonds. The molecule has 2 fully saturated rings. The monoisotopic (exact) mass is 483 g/mol. The number of hydrogen-bond acceptors (Lipinski definition) is 6. The predicted octanol–water partition coefficient (Wildman–Crippen LogP) is 1.81. The Morgan fingerprint density at radius 2 is 2.06 bits per heavy atom. The minimum Gasteiger partial charge on any atom is -0.391 e. The second-order valence-electron chi connectivity index (χ2n) is 10.6. The van der Waals surface area contributed by atoms with Gasteiger partial charge in [-0.15, -0.1) is 5.10 Å². The molecule has 0 bridgehead atoms. The molecule has 10 nitrogen and oxygen atoms in total. The van der Waals surface area contributed by atoms with Crippen molar-refractivity contribution in [2.45, 2.75) is 70.7 Å². The number of pyridine rings is 1. The smallest absolute Gasteiger partial charge is 0.248 e. The van der Waals surface area contributed by atoms with Crippen LogP contribution in [0.5, 0.6) is 0 Å². The average molecular weight is 484 g/mol. The van der Waals surface area contributed by atoms with Crippen LogP contribution in [-0.2, 0) is 16.1 Å². The van der Waals surface area contributed by atoms with E-state index in [0.29, 0.717) is 11.6 Å². The van der Waals surface area contributed by atoms with Crippen molar-refractivity contribution in [2.75, 3.05) is 6.54 Å². The molecule has 3 aromatic rings. The summed E-state index contributed by atoms with van der Waals surface area (Å²) < 4.78 is 17.1. The number of imidazole rings is 1. The van der Waals surface area contributed by atoms with Gasteiger partial charge in [0.1, 0.15) is 12.1 Å². The minimum absolute atomic E-state index is 0.0628. The number of hydrogen-bond donors (Lipinski definition) is 2. The molecule has 0 aromatic carbocycles. The Morgan fingerprint density at radius 1 is 1.29 bits per heavy atom. The summed E-state index contributed by atoms with van der Waals surface area (Å²) in [5, 5.41) is 21.6. The molecule has 3 atom stereocenters. The molecule has 1 aliphatic heterocycles. The van der Waals surface area contributed by atoms with Crippen LogP contribution in [0.4, 0.5) is 4.39 Å². The summed E-state index contributed by atoms with van der Waals surface area (Å²) in [7, 11) is 0. The molecule has 1 aliphatic carbocycles. The maximum atomic E-state index is 13.9. The molecule has 186 valence electrons. The number of nitrogens with one attached hydrogen (secondary N) is 1. The molecule has 2 aliphatic rings. The first kappa shape index (κ1) is 23.4. The highest BCUT2D eigenvalue weighted by molar-refractivity contribution is 5.90. The molecule has 1 saturated carbocycles. The quantitative estimate of drug-likeness (QED) is 0.552. The second-order valence-corrected chi connectivity index (χ2v) is 10.6. The highest BCUT2D eigenvalue weighted by Gasteiger charge is 2.45. The van der Waals surface area contributed by atoms with Crippen LogP contribution >= 0.6 is 0 Å². The van der Waals surface area contributed by atoms with Crippen LogP contribution in [0.2, 0.25) is 0 Å². The Kier molecular flexibility index (Phi) is 5.82. The number of fused-ring (bicyclic) bond motifs is 1. The van der Waals surface area contributed by atoms with Crippen LogP contribution < -0.4 is 5.32 Å². The first-order chi connectivity index (χ1) is 16.6. The predicted molar refractivity (Wildman–Crippen MR) is 124 cm³/mol. The van der Waals surface area contributed by atoms with Gasteiger partial charge in [-0.25, -0.2) is 14.1 Å². The highest BCUT2D eigenvalue weighted by atomic mass is 19.1. The molecule has 11 heteroatoms. The van der Waals surface area contributed by atoms with E-state index in [0.717, 1.165) is 18.5 Å². The van der Waals surface area contributed by atoms with E-state index in [1.54, 1.807) is 27.5 Å². The van der Waals surface area contributed by atoms with E-state index in [1.165, 1.54) is 11.0 Å². The number of halogens is 1. The molecule has 3 aromatic heterocycles. The summed E-state index contributed by atoms with van der Waals surface area (Å²) in [4.78, 5) is 32.5. The third-order valence-electron chi connectivity index (χ3n) is 6.64. The van der Waals surface area contributed by atoms with Gasteiger partial charge in [-0.3, -0.25) is 9.59 Å². The van der Waals surface area contributed by atoms with Crippen LogP contribution in [0, 0.1) is 11.2 Å². The van der Waals surface area contributed by atoms with Crippen molar-refractivity contribution in [3.05, 3.63) is 47.9 Å². The molecule has 35 heavy (non-hydrogen) atoms. The SMILES string of the molecule is CC(C)(C)[C@@H](C(=O)N1C[C@H](O)C[C@H]1C(=O)NCc1cn2cccc(F)c2n1)n1cc(C2CC2)nn1. The van der Waals surface area contributed by atoms with Crippen LogP contribution in [0.15, 0.2) is 30.7 Å². The van der Waals surface area contributed by atoms with Gasteiger partial charge in [0.2, 0.25) is 11.8 Å². The Bertz CT molecular complexity index is 1260. The van der Waals surface area contributed by atoms with E-state index in [-0.39, 0.29) is 31.1 Å². The number of likely N-dealkylation sites (tertiary alicyclic amines) is 1. The van der Waals surface area contributed by atoms with Crippen LogP contribution in [-0.4, -0.2) is 64.9 Å². The zero-order chi connectivity index (χ0) is 24.9. The van der Waals surface area contributed by atoms with Crippen molar-refractivity contribution in [1.29, 1.82) is 0 Å². The molecule has 0 unspecified atom stereocenters. The molecule has 5 rings (SSSR count). The number of amides is 2. The fourth-order valence-corrected chi connectivity index (χ4v) is 4.74. The van der Waals surface area contributed by atoms with Gasteiger partial charge in [-0.2, -0.15) is 0 Å². The van der Waals surface area contributed by atoms with E-state index in [4.69, 9.17) is 0 Å². The maximum absolute atomic E-state index is 13.9. The van der Waals surface area contributed by atoms with E-state index in [1.807, 2.05) is 27.0 Å². The lowest BCUT2D eigenvalue weighted by Gasteiger charge is -2.34. The lowest BCUT2D eigenvalue weighted by molar-refractivity contribution is -0.144. The first-order valence-electron chi connectivity index (χ1n) is 11.9. The van der Waals surface area contributed by atoms with Gasteiger partial charge < -0.3 is 19.7 Å². The van der Waals surface area contributed by atoms with Gasteiger partial charge in [-0.1, -0.05) is 26.0 Å². The van der Waals surface area contributed by atoms with Gasteiger partial charge in [-0.05, 0) is 30.4 Å². The Morgan fingerprint density at radius 3 is 2.74 bits per heavy atom. The van der Waals surface area contributed by atoms with Gasteiger partial charge in [0.05, 0.1) is 24.0 Å². The number of carbonyl (C=O) groups is 2. The number of rotatable bonds is 6. The van der Waals surface area contributed by atoms with Gasteiger partial charge in [0.15, 0.2) is 11.5 Å².